The van der Waals surface area contributed by atoms with Gasteiger partial charge in [0.25, 0.3) is 0 Å². The summed E-state index contributed by atoms with van der Waals surface area (Å²) in [5, 5.41) is 0. The lowest BCUT2D eigenvalue weighted by molar-refractivity contribution is 1.23. The van der Waals surface area contributed by atoms with Crippen LogP contribution >= 0.6 is 0 Å². The summed E-state index contributed by atoms with van der Waals surface area (Å²) < 4.78 is 0. The molecule has 2 rings (SSSR count). The molecule has 0 aromatic heterocycles. The molecule has 0 saturated carbocycles. The number of benzene rings is 2. The maximum Gasteiger partial charge on any atom is 0.0393 e. The molecular formula is C18H19N. The van der Waals surface area contributed by atoms with Gasteiger partial charge in [0.1, 0.15) is 0 Å². The molecular weight excluding hydrogens is 230 g/mol. The minimum Gasteiger partial charge on any atom is -0.398 e. The fourth-order valence-electron chi connectivity index (χ4n) is 1.99. The van der Waals surface area contributed by atoms with Crippen molar-refractivity contribution >= 4 is 11.3 Å². The van der Waals surface area contributed by atoms with E-state index in [4.69, 9.17) is 5.73 Å². The van der Waals surface area contributed by atoms with Gasteiger partial charge >= 0.3 is 0 Å². The van der Waals surface area contributed by atoms with Crippen LogP contribution in [0.1, 0.15) is 24.5 Å². The minimum atomic E-state index is 0.796. The Hall–Kier alpha value is -2.28. The van der Waals surface area contributed by atoms with Gasteiger partial charge in [0.2, 0.25) is 0 Å². The van der Waals surface area contributed by atoms with Crippen LogP contribution in [-0.4, -0.2) is 0 Å². The van der Waals surface area contributed by atoms with Gasteiger partial charge in [-0.2, -0.15) is 0 Å². The van der Waals surface area contributed by atoms with Crippen LogP contribution in [0.4, 0.5) is 0 Å². The number of hydrogen-bond acceptors (Lipinski definition) is 1. The van der Waals surface area contributed by atoms with Gasteiger partial charge in [-0.15, -0.1) is 0 Å². The molecule has 2 aromatic carbocycles. The van der Waals surface area contributed by atoms with Crippen LogP contribution in [0.25, 0.3) is 11.3 Å². The Morgan fingerprint density at radius 2 is 1.42 bits per heavy atom. The molecule has 0 atom stereocenters. The second kappa shape index (κ2) is 6.60. The van der Waals surface area contributed by atoms with Crippen molar-refractivity contribution in [2.45, 2.75) is 13.3 Å². The van der Waals surface area contributed by atoms with Crippen LogP contribution in [0.2, 0.25) is 0 Å². The molecule has 0 aliphatic rings. The van der Waals surface area contributed by atoms with Crippen molar-refractivity contribution in [1.29, 1.82) is 0 Å². The highest BCUT2D eigenvalue weighted by atomic mass is 14.6. The Morgan fingerprint density at radius 1 is 0.895 bits per heavy atom. The van der Waals surface area contributed by atoms with Gasteiger partial charge < -0.3 is 5.73 Å². The molecule has 0 saturated heterocycles. The smallest absolute Gasteiger partial charge is 0.0393 e. The Morgan fingerprint density at radius 3 is 1.95 bits per heavy atom. The first-order chi connectivity index (χ1) is 9.31. The van der Waals surface area contributed by atoms with Gasteiger partial charge in [-0.05, 0) is 29.2 Å². The molecule has 0 spiro atoms. The zero-order valence-electron chi connectivity index (χ0n) is 11.2. The van der Waals surface area contributed by atoms with Crippen molar-refractivity contribution in [2.24, 2.45) is 5.73 Å². The molecule has 2 N–H and O–H groups in total. The minimum absolute atomic E-state index is 0.796. The van der Waals surface area contributed by atoms with E-state index in [9.17, 15) is 0 Å². The van der Waals surface area contributed by atoms with Crippen molar-refractivity contribution < 1.29 is 0 Å². The first-order valence-corrected chi connectivity index (χ1v) is 6.59. The van der Waals surface area contributed by atoms with Crippen molar-refractivity contribution in [2.75, 3.05) is 0 Å². The number of rotatable bonds is 4. The van der Waals surface area contributed by atoms with E-state index in [1.165, 1.54) is 11.1 Å². The summed E-state index contributed by atoms with van der Waals surface area (Å²) in [6.45, 7) is 2.13. The average molecular weight is 249 g/mol. The van der Waals surface area contributed by atoms with E-state index in [0.29, 0.717) is 0 Å². The zero-order chi connectivity index (χ0) is 13.5. The summed E-state index contributed by atoms with van der Waals surface area (Å²) in [4.78, 5) is 0. The van der Waals surface area contributed by atoms with Gasteiger partial charge in [0.05, 0.1) is 0 Å². The Bertz CT molecular complexity index is 565. The normalized spacial score (nSPS) is 12.5. The molecule has 0 radical (unpaired) electrons. The molecule has 1 heteroatoms. The van der Waals surface area contributed by atoms with Gasteiger partial charge in [-0.1, -0.05) is 73.7 Å². The van der Waals surface area contributed by atoms with E-state index in [0.717, 1.165) is 17.7 Å². The van der Waals surface area contributed by atoms with Crippen LogP contribution < -0.4 is 5.73 Å². The number of allylic oxidation sites excluding steroid dienone is 3. The van der Waals surface area contributed by atoms with Crippen LogP contribution in [0.3, 0.4) is 0 Å². The Labute approximate surface area is 115 Å². The summed E-state index contributed by atoms with van der Waals surface area (Å²) in [6, 6.07) is 20.4. The van der Waals surface area contributed by atoms with E-state index < -0.39 is 0 Å². The molecule has 2 aromatic rings. The fraction of sp³-hybridized carbons (Fsp3) is 0.111. The molecule has 0 heterocycles. The van der Waals surface area contributed by atoms with Crippen molar-refractivity contribution in [3.8, 4) is 0 Å². The highest BCUT2D eigenvalue weighted by Crippen LogP contribution is 2.20. The van der Waals surface area contributed by atoms with Gasteiger partial charge in [-0.25, -0.2) is 0 Å². The Balaban J connectivity index is 2.35. The molecule has 1 nitrogen and oxygen atoms in total. The molecule has 19 heavy (non-hydrogen) atoms. The topological polar surface area (TPSA) is 26.0 Å². The van der Waals surface area contributed by atoms with Gasteiger partial charge in [0.15, 0.2) is 0 Å². The maximum atomic E-state index is 6.18. The van der Waals surface area contributed by atoms with E-state index in [2.05, 4.69) is 25.1 Å². The summed E-state index contributed by atoms with van der Waals surface area (Å²) in [5.41, 5.74) is 10.4. The van der Waals surface area contributed by atoms with Crippen LogP contribution in [-0.2, 0) is 0 Å². The highest BCUT2D eigenvalue weighted by Gasteiger charge is 2.00. The monoisotopic (exact) mass is 249 g/mol. The summed E-state index contributed by atoms with van der Waals surface area (Å²) >= 11 is 0. The van der Waals surface area contributed by atoms with Gasteiger partial charge in [-0.3, -0.25) is 0 Å². The van der Waals surface area contributed by atoms with Crippen molar-refractivity contribution in [3.63, 3.8) is 0 Å². The van der Waals surface area contributed by atoms with Crippen LogP contribution in [0.15, 0.2) is 72.8 Å². The standard InChI is InChI=1S/C18H19N/c1-2-9-17(15-10-5-3-6-11-15)14-18(19)16-12-7-4-8-13-16/h3-14H,2,19H2,1H3/b17-9+,18-14-. The van der Waals surface area contributed by atoms with E-state index in [-0.39, 0.29) is 0 Å². The zero-order valence-corrected chi connectivity index (χ0v) is 11.2. The highest BCUT2D eigenvalue weighted by molar-refractivity contribution is 5.82. The lowest BCUT2D eigenvalue weighted by Crippen LogP contribution is -1.96. The third-order valence-corrected chi connectivity index (χ3v) is 2.95. The average Bonchev–Trinajstić information content (AvgIpc) is 2.48. The molecule has 0 aliphatic heterocycles. The SMILES string of the molecule is CC/C=C(\C=C(/N)c1ccccc1)c1ccccc1. The van der Waals surface area contributed by atoms with Gasteiger partial charge in [0, 0.05) is 5.70 Å². The van der Waals surface area contributed by atoms with Crippen LogP contribution in [0, 0.1) is 0 Å². The summed E-state index contributed by atoms with van der Waals surface area (Å²) in [5.74, 6) is 0. The largest absolute Gasteiger partial charge is 0.398 e. The second-order valence-corrected chi connectivity index (χ2v) is 4.40. The first kappa shape index (κ1) is 13.2. The lowest BCUT2D eigenvalue weighted by atomic mass is 10.0. The Kier molecular flexibility index (Phi) is 4.57. The van der Waals surface area contributed by atoms with E-state index in [1.54, 1.807) is 0 Å². The van der Waals surface area contributed by atoms with E-state index in [1.807, 2.05) is 54.6 Å². The van der Waals surface area contributed by atoms with Crippen LogP contribution in [0.5, 0.6) is 0 Å². The first-order valence-electron chi connectivity index (χ1n) is 6.59. The third kappa shape index (κ3) is 3.59. The third-order valence-electron chi connectivity index (χ3n) is 2.95. The molecule has 0 unspecified atom stereocenters. The summed E-state index contributed by atoms with van der Waals surface area (Å²) in [7, 11) is 0. The molecule has 0 fully saturated rings. The molecule has 96 valence electrons. The quantitative estimate of drug-likeness (QED) is 0.794. The van der Waals surface area contributed by atoms with E-state index >= 15 is 0 Å². The molecule has 0 amide bonds. The number of hydrogen-bond donors (Lipinski definition) is 1. The predicted molar refractivity (Wildman–Crippen MR) is 83.3 cm³/mol. The van der Waals surface area contributed by atoms with Crippen molar-refractivity contribution in [1.82, 2.24) is 0 Å². The second-order valence-electron chi connectivity index (χ2n) is 4.40. The fourth-order valence-corrected chi connectivity index (χ4v) is 1.99. The number of nitrogens with two attached hydrogens (primary N) is 1. The van der Waals surface area contributed by atoms with Crippen molar-refractivity contribution in [3.05, 3.63) is 83.9 Å². The molecule has 0 aliphatic carbocycles. The predicted octanol–water partition coefficient (Wildman–Crippen LogP) is 4.48. The maximum absolute atomic E-state index is 6.18. The lowest BCUT2D eigenvalue weighted by Gasteiger charge is -2.06. The molecule has 0 bridgehead atoms. The summed E-state index contributed by atoms with van der Waals surface area (Å²) in [6.07, 6.45) is 5.24.